The number of carbonyl (C=O) groups is 1. The van der Waals surface area contributed by atoms with E-state index in [1.54, 1.807) is 6.92 Å². The molecule has 108 valence electrons. The number of hydrogen-bond acceptors (Lipinski definition) is 5. The minimum absolute atomic E-state index is 0.131. The predicted octanol–water partition coefficient (Wildman–Crippen LogP) is -1.33. The van der Waals surface area contributed by atoms with Gasteiger partial charge in [0.1, 0.15) is 0 Å². The molecule has 0 spiro atoms. The summed E-state index contributed by atoms with van der Waals surface area (Å²) in [5, 5.41) is 5.57. The van der Waals surface area contributed by atoms with Gasteiger partial charge in [0.05, 0.1) is 18.9 Å². The lowest BCUT2D eigenvalue weighted by Crippen LogP contribution is -2.39. The van der Waals surface area contributed by atoms with E-state index in [0.717, 1.165) is 13.0 Å². The van der Waals surface area contributed by atoms with E-state index >= 15 is 0 Å². The molecule has 0 aromatic rings. The Labute approximate surface area is 109 Å². The van der Waals surface area contributed by atoms with Crippen molar-refractivity contribution in [1.82, 2.24) is 15.4 Å². The van der Waals surface area contributed by atoms with Crippen LogP contribution in [0.1, 0.15) is 13.3 Å². The highest BCUT2D eigenvalue weighted by atomic mass is 32.2. The summed E-state index contributed by atoms with van der Waals surface area (Å²) in [6, 6.07) is 0. The van der Waals surface area contributed by atoms with E-state index in [1.165, 1.54) is 0 Å². The molecule has 0 aromatic heterocycles. The highest BCUT2D eigenvalue weighted by Gasteiger charge is 2.11. The molecule has 0 rings (SSSR count). The normalized spacial score (nSPS) is 11.4. The molecule has 0 heterocycles. The van der Waals surface area contributed by atoms with Crippen LogP contribution in [0.25, 0.3) is 0 Å². The summed E-state index contributed by atoms with van der Waals surface area (Å²) in [7, 11) is -1.60. The molecule has 8 heteroatoms. The van der Waals surface area contributed by atoms with E-state index in [9.17, 15) is 13.2 Å². The van der Waals surface area contributed by atoms with Crippen LogP contribution in [0.2, 0.25) is 0 Å². The van der Waals surface area contributed by atoms with Crippen LogP contribution >= 0.6 is 0 Å². The second kappa shape index (κ2) is 10.2. The summed E-state index contributed by atoms with van der Waals surface area (Å²) in [6.07, 6.45) is 0.805. The molecule has 0 bridgehead atoms. The van der Waals surface area contributed by atoms with Crippen LogP contribution in [0.5, 0.6) is 0 Å². The maximum atomic E-state index is 11.4. The van der Waals surface area contributed by atoms with Gasteiger partial charge in [0.15, 0.2) is 0 Å². The maximum Gasteiger partial charge on any atom is 0.235 e. The monoisotopic (exact) mass is 281 g/mol. The number of carbonyl (C=O) groups excluding carboxylic acids is 1. The molecule has 0 aliphatic carbocycles. The molecule has 0 fully saturated rings. The Kier molecular flexibility index (Phi) is 9.85. The zero-order chi connectivity index (χ0) is 13.9. The smallest absolute Gasteiger partial charge is 0.235 e. The van der Waals surface area contributed by atoms with Gasteiger partial charge in [0, 0.05) is 13.2 Å². The Bertz CT molecular complexity index is 319. The van der Waals surface area contributed by atoms with E-state index < -0.39 is 10.0 Å². The maximum absolute atomic E-state index is 11.4. The summed E-state index contributed by atoms with van der Waals surface area (Å²) in [4.78, 5) is 11.3. The lowest BCUT2D eigenvalue weighted by Gasteiger charge is -2.07. The second-order valence-corrected chi connectivity index (χ2v) is 5.57. The first kappa shape index (κ1) is 17.3. The van der Waals surface area contributed by atoms with Gasteiger partial charge < -0.3 is 15.4 Å². The lowest BCUT2D eigenvalue weighted by molar-refractivity contribution is -0.119. The predicted molar refractivity (Wildman–Crippen MR) is 69.8 cm³/mol. The first-order valence-corrected chi connectivity index (χ1v) is 7.63. The lowest BCUT2D eigenvalue weighted by atomic mass is 10.4. The molecule has 0 aliphatic rings. The fourth-order valence-electron chi connectivity index (χ4n) is 1.12. The van der Waals surface area contributed by atoms with E-state index in [-0.39, 0.29) is 24.8 Å². The zero-order valence-electron chi connectivity index (χ0n) is 11.0. The highest BCUT2D eigenvalue weighted by molar-refractivity contribution is 7.89. The zero-order valence-corrected chi connectivity index (χ0v) is 11.8. The third kappa shape index (κ3) is 10.5. The summed E-state index contributed by atoms with van der Waals surface area (Å²) in [5.41, 5.74) is 0. The van der Waals surface area contributed by atoms with Crippen LogP contribution < -0.4 is 15.4 Å². The van der Waals surface area contributed by atoms with Gasteiger partial charge in [-0.05, 0) is 26.9 Å². The second-order valence-electron chi connectivity index (χ2n) is 3.64. The first-order chi connectivity index (χ1) is 8.52. The molecule has 0 aliphatic heterocycles. The Hall–Kier alpha value is -0.700. The topological polar surface area (TPSA) is 96.5 Å². The van der Waals surface area contributed by atoms with Crippen LogP contribution in [-0.2, 0) is 19.6 Å². The largest absolute Gasteiger partial charge is 0.381 e. The van der Waals surface area contributed by atoms with Crippen molar-refractivity contribution in [2.24, 2.45) is 0 Å². The summed E-state index contributed by atoms with van der Waals surface area (Å²) < 4.78 is 30.0. The summed E-state index contributed by atoms with van der Waals surface area (Å²) >= 11 is 0. The van der Waals surface area contributed by atoms with Crippen LogP contribution in [0.15, 0.2) is 0 Å². The van der Waals surface area contributed by atoms with E-state index in [4.69, 9.17) is 4.74 Å². The standard InChI is InChI=1S/C10H23N3O4S/c1-3-17-7-8-18(15,16)13-9-10(14)12-6-4-5-11-2/h11,13H,3-9H2,1-2H3,(H,12,14). The molecule has 1 amide bonds. The van der Waals surface area contributed by atoms with Crippen molar-refractivity contribution < 1.29 is 17.9 Å². The van der Waals surface area contributed by atoms with Crippen molar-refractivity contribution in [3.05, 3.63) is 0 Å². The molecule has 7 nitrogen and oxygen atoms in total. The minimum Gasteiger partial charge on any atom is -0.381 e. The molecule has 0 radical (unpaired) electrons. The molecule has 0 atom stereocenters. The number of sulfonamides is 1. The molecule has 0 saturated carbocycles. The van der Waals surface area contributed by atoms with Gasteiger partial charge in [-0.25, -0.2) is 13.1 Å². The fraction of sp³-hybridized carbons (Fsp3) is 0.900. The number of rotatable bonds is 11. The van der Waals surface area contributed by atoms with Gasteiger partial charge in [0.2, 0.25) is 15.9 Å². The van der Waals surface area contributed by atoms with Crippen LogP contribution in [0.4, 0.5) is 0 Å². The van der Waals surface area contributed by atoms with Crippen molar-refractivity contribution in [1.29, 1.82) is 0 Å². The van der Waals surface area contributed by atoms with Gasteiger partial charge in [-0.1, -0.05) is 0 Å². The van der Waals surface area contributed by atoms with Crippen LogP contribution in [0, 0.1) is 0 Å². The highest BCUT2D eigenvalue weighted by Crippen LogP contribution is 1.85. The average Bonchev–Trinajstić information content (AvgIpc) is 2.32. The van der Waals surface area contributed by atoms with Crippen molar-refractivity contribution in [2.75, 3.05) is 45.6 Å². The molecule has 3 N–H and O–H groups in total. The quantitative estimate of drug-likeness (QED) is 0.408. The van der Waals surface area contributed by atoms with Crippen molar-refractivity contribution in [3.8, 4) is 0 Å². The Morgan fingerprint density at radius 1 is 1.28 bits per heavy atom. The first-order valence-electron chi connectivity index (χ1n) is 5.98. The third-order valence-electron chi connectivity index (χ3n) is 2.08. The van der Waals surface area contributed by atoms with Gasteiger partial charge in [-0.2, -0.15) is 0 Å². The van der Waals surface area contributed by atoms with Gasteiger partial charge in [-0.3, -0.25) is 4.79 Å². The fourth-order valence-corrected chi connectivity index (χ4v) is 1.95. The van der Waals surface area contributed by atoms with Crippen molar-refractivity contribution in [3.63, 3.8) is 0 Å². The summed E-state index contributed by atoms with van der Waals surface area (Å²) in [6.45, 7) is 3.50. The third-order valence-corrected chi connectivity index (χ3v) is 3.37. The van der Waals surface area contributed by atoms with E-state index in [1.807, 2.05) is 7.05 Å². The number of hydrogen-bond donors (Lipinski definition) is 3. The average molecular weight is 281 g/mol. The molecule has 0 aromatic carbocycles. The number of amides is 1. The number of ether oxygens (including phenoxy) is 1. The van der Waals surface area contributed by atoms with Crippen molar-refractivity contribution in [2.45, 2.75) is 13.3 Å². The summed E-state index contributed by atoms with van der Waals surface area (Å²) in [5.74, 6) is -0.459. The molecule has 0 saturated heterocycles. The molecule has 18 heavy (non-hydrogen) atoms. The number of nitrogens with one attached hydrogen (secondary N) is 3. The van der Waals surface area contributed by atoms with Crippen LogP contribution in [0.3, 0.4) is 0 Å². The van der Waals surface area contributed by atoms with Crippen LogP contribution in [-0.4, -0.2) is 60.0 Å². The molecule has 0 unspecified atom stereocenters. The van der Waals surface area contributed by atoms with Crippen molar-refractivity contribution >= 4 is 15.9 Å². The molecular formula is C10H23N3O4S. The molecular weight excluding hydrogens is 258 g/mol. The van der Waals surface area contributed by atoms with Gasteiger partial charge in [-0.15, -0.1) is 0 Å². The van der Waals surface area contributed by atoms with E-state index in [2.05, 4.69) is 15.4 Å². The minimum atomic E-state index is -3.43. The SMILES string of the molecule is CCOCCS(=O)(=O)NCC(=O)NCCCNC. The Morgan fingerprint density at radius 3 is 2.61 bits per heavy atom. The van der Waals surface area contributed by atoms with E-state index in [0.29, 0.717) is 13.2 Å². The van der Waals surface area contributed by atoms with Gasteiger partial charge >= 0.3 is 0 Å². The van der Waals surface area contributed by atoms with Gasteiger partial charge in [0.25, 0.3) is 0 Å². The Balaban J connectivity index is 3.69. The Morgan fingerprint density at radius 2 is 2.00 bits per heavy atom.